The smallest absolute Gasteiger partial charge is 0.271 e. The molecule has 8 heteroatoms. The Hall–Kier alpha value is -3.42. The second-order valence-electron chi connectivity index (χ2n) is 10.2. The van der Waals surface area contributed by atoms with Gasteiger partial charge in [0, 0.05) is 61.8 Å². The van der Waals surface area contributed by atoms with Crippen molar-refractivity contribution in [3.8, 4) is 5.69 Å². The molecule has 1 N–H and O–H groups in total. The minimum absolute atomic E-state index is 0.246. The molecule has 5 rings (SSSR count). The molecule has 0 saturated carbocycles. The van der Waals surface area contributed by atoms with Crippen LogP contribution in [0.25, 0.3) is 5.69 Å². The number of hydrazone groups is 1. The topological polar surface area (TPSA) is 52.9 Å². The summed E-state index contributed by atoms with van der Waals surface area (Å²) in [5.74, 6) is -0.246. The van der Waals surface area contributed by atoms with Gasteiger partial charge in [-0.1, -0.05) is 71.7 Å². The second-order valence-corrected chi connectivity index (χ2v) is 11.0. The van der Waals surface area contributed by atoms with Crippen LogP contribution in [0.4, 0.5) is 0 Å². The van der Waals surface area contributed by atoms with Crippen LogP contribution in [0.1, 0.15) is 38.4 Å². The number of nitrogens with one attached hydrogen (secondary N) is 1. The third-order valence-corrected chi connectivity index (χ3v) is 8.16. The Kier molecular flexibility index (Phi) is 9.02. The average Bonchev–Trinajstić information content (AvgIpc) is 3.24. The number of rotatable bonds is 8. The zero-order valence-electron chi connectivity index (χ0n) is 22.8. The molecular formula is C32H33Cl2N5O. The Morgan fingerprint density at radius 3 is 2.12 bits per heavy atom. The number of benzene rings is 3. The van der Waals surface area contributed by atoms with Gasteiger partial charge in [0.25, 0.3) is 5.91 Å². The summed E-state index contributed by atoms with van der Waals surface area (Å²) in [4.78, 5) is 17.7. The average molecular weight is 575 g/mol. The maximum atomic E-state index is 12.7. The van der Waals surface area contributed by atoms with Crippen molar-refractivity contribution < 1.29 is 4.79 Å². The van der Waals surface area contributed by atoms with Crippen molar-refractivity contribution >= 4 is 35.3 Å². The van der Waals surface area contributed by atoms with Crippen molar-refractivity contribution in [2.45, 2.75) is 26.9 Å². The van der Waals surface area contributed by atoms with Crippen molar-refractivity contribution in [1.29, 1.82) is 0 Å². The van der Waals surface area contributed by atoms with E-state index in [9.17, 15) is 4.79 Å². The Morgan fingerprint density at radius 2 is 1.48 bits per heavy atom. The lowest BCUT2D eigenvalue weighted by Gasteiger charge is -2.34. The molecule has 3 aromatic carbocycles. The fourth-order valence-corrected chi connectivity index (χ4v) is 5.53. The lowest BCUT2D eigenvalue weighted by atomic mass is 10.1. The number of carbonyl (C=O) groups is 1. The molecule has 0 aliphatic carbocycles. The van der Waals surface area contributed by atoms with Gasteiger partial charge in [0.1, 0.15) is 0 Å². The predicted octanol–water partition coefficient (Wildman–Crippen LogP) is 6.48. The molecule has 206 valence electrons. The number of piperazine rings is 1. The molecule has 1 aromatic heterocycles. The Balaban J connectivity index is 1.13. The standard InChI is InChI=1S/C32H33Cl2N5O/c1-23-19-28(24(2)39(23)30-10-6-9-29(33)31(30)34)20-35-36-32(40)27-13-11-26(12-14-27)22-38-17-15-37(16-18-38)21-25-7-4-3-5-8-25/h3-14,19-20H,15-18,21-22H2,1-2H3,(H,36,40)/b35-20-. The van der Waals surface area contributed by atoms with Gasteiger partial charge in [0.2, 0.25) is 0 Å². The van der Waals surface area contributed by atoms with Gasteiger partial charge in [-0.3, -0.25) is 14.6 Å². The summed E-state index contributed by atoms with van der Waals surface area (Å²) >= 11 is 12.7. The van der Waals surface area contributed by atoms with E-state index >= 15 is 0 Å². The summed E-state index contributed by atoms with van der Waals surface area (Å²) in [7, 11) is 0. The van der Waals surface area contributed by atoms with Crippen LogP contribution >= 0.6 is 23.2 Å². The molecular weight excluding hydrogens is 541 g/mol. The van der Waals surface area contributed by atoms with Gasteiger partial charge in [0.15, 0.2) is 0 Å². The first-order chi connectivity index (χ1) is 19.4. The van der Waals surface area contributed by atoms with Gasteiger partial charge < -0.3 is 4.57 Å². The lowest BCUT2D eigenvalue weighted by Crippen LogP contribution is -2.45. The van der Waals surface area contributed by atoms with E-state index in [1.54, 1.807) is 12.3 Å². The number of halogens is 2. The van der Waals surface area contributed by atoms with Crippen LogP contribution < -0.4 is 5.43 Å². The molecule has 2 heterocycles. The van der Waals surface area contributed by atoms with Crippen LogP contribution in [0, 0.1) is 13.8 Å². The summed E-state index contributed by atoms with van der Waals surface area (Å²) in [5, 5.41) is 5.21. The minimum Gasteiger partial charge on any atom is -0.316 e. The van der Waals surface area contributed by atoms with E-state index in [-0.39, 0.29) is 5.91 Å². The first-order valence-corrected chi connectivity index (χ1v) is 14.2. The number of hydrogen-bond acceptors (Lipinski definition) is 4. The molecule has 0 bridgehead atoms. The van der Waals surface area contributed by atoms with E-state index in [0.717, 1.165) is 61.9 Å². The zero-order chi connectivity index (χ0) is 28.1. The minimum atomic E-state index is -0.246. The molecule has 0 spiro atoms. The van der Waals surface area contributed by atoms with Crippen LogP contribution in [0.2, 0.25) is 10.0 Å². The maximum Gasteiger partial charge on any atom is 0.271 e. The Labute approximate surface area is 245 Å². The maximum absolute atomic E-state index is 12.7. The highest BCUT2D eigenvalue weighted by Gasteiger charge is 2.17. The molecule has 1 saturated heterocycles. The van der Waals surface area contributed by atoms with Gasteiger partial charge in [-0.25, -0.2) is 5.43 Å². The number of carbonyl (C=O) groups excluding carboxylic acids is 1. The lowest BCUT2D eigenvalue weighted by molar-refractivity contribution is 0.0955. The summed E-state index contributed by atoms with van der Waals surface area (Å²) in [5.41, 5.74) is 9.41. The molecule has 40 heavy (non-hydrogen) atoms. The highest BCUT2D eigenvalue weighted by molar-refractivity contribution is 6.43. The van der Waals surface area contributed by atoms with Gasteiger partial charge in [-0.05, 0) is 55.3 Å². The van der Waals surface area contributed by atoms with E-state index in [1.165, 1.54) is 11.1 Å². The zero-order valence-corrected chi connectivity index (χ0v) is 24.3. The van der Waals surface area contributed by atoms with Crippen LogP contribution in [-0.2, 0) is 13.1 Å². The molecule has 0 unspecified atom stereocenters. The van der Waals surface area contributed by atoms with E-state index in [4.69, 9.17) is 23.2 Å². The summed E-state index contributed by atoms with van der Waals surface area (Å²) < 4.78 is 2.03. The van der Waals surface area contributed by atoms with E-state index in [0.29, 0.717) is 15.6 Å². The van der Waals surface area contributed by atoms with Crippen molar-refractivity contribution in [2.75, 3.05) is 26.2 Å². The van der Waals surface area contributed by atoms with Crippen molar-refractivity contribution in [2.24, 2.45) is 5.10 Å². The van der Waals surface area contributed by atoms with Crippen LogP contribution in [0.3, 0.4) is 0 Å². The quantitative estimate of drug-likeness (QED) is 0.194. The number of amides is 1. The van der Waals surface area contributed by atoms with Crippen molar-refractivity contribution in [3.63, 3.8) is 0 Å². The highest BCUT2D eigenvalue weighted by Crippen LogP contribution is 2.31. The van der Waals surface area contributed by atoms with Gasteiger partial charge in [-0.15, -0.1) is 0 Å². The second kappa shape index (κ2) is 12.8. The molecule has 1 aliphatic rings. The first-order valence-electron chi connectivity index (χ1n) is 13.4. The third kappa shape index (κ3) is 6.65. The molecule has 1 amide bonds. The monoisotopic (exact) mass is 573 g/mol. The first kappa shape index (κ1) is 28.1. The van der Waals surface area contributed by atoms with E-state index < -0.39 is 0 Å². The number of hydrogen-bond donors (Lipinski definition) is 1. The van der Waals surface area contributed by atoms with Gasteiger partial charge in [-0.2, -0.15) is 5.10 Å². The Bertz CT molecular complexity index is 1490. The molecule has 4 aromatic rings. The van der Waals surface area contributed by atoms with Crippen molar-refractivity contribution in [3.05, 3.63) is 123 Å². The van der Waals surface area contributed by atoms with Crippen LogP contribution in [0.5, 0.6) is 0 Å². The Morgan fingerprint density at radius 1 is 0.850 bits per heavy atom. The number of aryl methyl sites for hydroxylation is 1. The van der Waals surface area contributed by atoms with Crippen molar-refractivity contribution in [1.82, 2.24) is 19.8 Å². The van der Waals surface area contributed by atoms with Crippen LogP contribution in [-0.4, -0.2) is 52.7 Å². The molecule has 0 radical (unpaired) electrons. The van der Waals surface area contributed by atoms with E-state index in [1.807, 2.05) is 60.9 Å². The largest absolute Gasteiger partial charge is 0.316 e. The summed E-state index contributed by atoms with van der Waals surface area (Å²) in [6.07, 6.45) is 1.65. The molecule has 1 aliphatic heterocycles. The number of aromatic nitrogens is 1. The van der Waals surface area contributed by atoms with Gasteiger partial charge >= 0.3 is 0 Å². The molecule has 6 nitrogen and oxygen atoms in total. The van der Waals surface area contributed by atoms with Gasteiger partial charge in [0.05, 0.1) is 21.9 Å². The SMILES string of the molecule is Cc1cc(/C=N\NC(=O)c2ccc(CN3CCN(Cc4ccccc4)CC3)cc2)c(C)n1-c1cccc(Cl)c1Cl. The number of nitrogens with zero attached hydrogens (tertiary/aromatic N) is 4. The highest BCUT2D eigenvalue weighted by atomic mass is 35.5. The molecule has 1 fully saturated rings. The normalized spacial score (nSPS) is 14.6. The van der Waals surface area contributed by atoms with Crippen LogP contribution in [0.15, 0.2) is 84.0 Å². The molecule has 0 atom stereocenters. The fourth-order valence-electron chi connectivity index (χ4n) is 5.15. The fraction of sp³-hybridized carbons (Fsp3) is 0.250. The predicted molar refractivity (Wildman–Crippen MR) is 164 cm³/mol. The van der Waals surface area contributed by atoms with E-state index in [2.05, 4.69) is 50.7 Å². The third-order valence-electron chi connectivity index (χ3n) is 7.35. The summed E-state index contributed by atoms with van der Waals surface area (Å²) in [6, 6.07) is 26.0. The summed E-state index contributed by atoms with van der Waals surface area (Å²) in [6.45, 7) is 10.0.